The quantitative estimate of drug-likeness (QED) is 0.662. The number of amides is 2. The second kappa shape index (κ2) is 6.28. The molecular weight excluding hydrogens is 292 g/mol. The highest BCUT2D eigenvalue weighted by Crippen LogP contribution is 2.26. The molecular formula is C15H13ClN2O3. The third-order valence-electron chi connectivity index (χ3n) is 2.85. The summed E-state index contributed by atoms with van der Waals surface area (Å²) in [4.78, 5) is 25.2. The molecule has 2 rings (SSSR count). The molecule has 2 aromatic rings. The van der Waals surface area contributed by atoms with Gasteiger partial charge >= 0.3 is 11.8 Å². The van der Waals surface area contributed by atoms with E-state index in [4.69, 9.17) is 11.6 Å². The van der Waals surface area contributed by atoms with Crippen LogP contribution in [0.5, 0.6) is 5.75 Å². The second-order valence-electron chi connectivity index (χ2n) is 4.32. The number of likely N-dealkylation sites (N-methyl/N-ethyl adjacent to an activating group) is 1. The van der Waals surface area contributed by atoms with E-state index in [1.807, 2.05) is 6.07 Å². The third kappa shape index (κ3) is 3.52. The lowest BCUT2D eigenvalue weighted by molar-refractivity contribution is -0.134. The maximum atomic E-state index is 12.0. The van der Waals surface area contributed by atoms with Crippen molar-refractivity contribution in [1.29, 1.82) is 0 Å². The molecule has 2 N–H and O–H groups in total. The number of carbonyl (C=O) groups is 2. The normalized spacial score (nSPS) is 10.0. The Labute approximate surface area is 126 Å². The van der Waals surface area contributed by atoms with Crippen LogP contribution in [0.2, 0.25) is 5.02 Å². The van der Waals surface area contributed by atoms with E-state index in [2.05, 4.69) is 5.32 Å². The molecule has 0 aliphatic heterocycles. The predicted octanol–water partition coefficient (Wildman–Crippen LogP) is 2.65. The lowest BCUT2D eigenvalue weighted by Crippen LogP contribution is -2.37. The number of hydrogen-bond acceptors (Lipinski definition) is 3. The summed E-state index contributed by atoms with van der Waals surface area (Å²) in [5.74, 6) is -1.78. The third-order valence-corrected chi connectivity index (χ3v) is 3.08. The summed E-state index contributed by atoms with van der Waals surface area (Å²) >= 11 is 5.78. The van der Waals surface area contributed by atoms with E-state index >= 15 is 0 Å². The van der Waals surface area contributed by atoms with Gasteiger partial charge in [0.2, 0.25) is 0 Å². The summed E-state index contributed by atoms with van der Waals surface area (Å²) in [5, 5.41) is 12.3. The first-order chi connectivity index (χ1) is 9.99. The molecule has 0 aliphatic carbocycles. The zero-order valence-electron chi connectivity index (χ0n) is 11.2. The number of benzene rings is 2. The Morgan fingerprint density at radius 1 is 1.14 bits per heavy atom. The van der Waals surface area contributed by atoms with Crippen LogP contribution in [0, 0.1) is 0 Å². The Morgan fingerprint density at radius 2 is 1.81 bits per heavy atom. The Balaban J connectivity index is 2.13. The minimum atomic E-state index is -0.862. The molecule has 21 heavy (non-hydrogen) atoms. The molecule has 2 amide bonds. The summed E-state index contributed by atoms with van der Waals surface area (Å²) in [6.07, 6.45) is 0. The molecule has 2 aromatic carbocycles. The van der Waals surface area contributed by atoms with Gasteiger partial charge in [0.15, 0.2) is 0 Å². The number of halogens is 1. The largest absolute Gasteiger partial charge is 0.506 e. The van der Waals surface area contributed by atoms with Gasteiger partial charge < -0.3 is 15.3 Å². The van der Waals surface area contributed by atoms with Gasteiger partial charge in [-0.25, -0.2) is 0 Å². The zero-order chi connectivity index (χ0) is 15.4. The topological polar surface area (TPSA) is 69.6 Å². The van der Waals surface area contributed by atoms with E-state index < -0.39 is 11.8 Å². The average Bonchev–Trinajstić information content (AvgIpc) is 2.50. The fraction of sp³-hybridized carbons (Fsp3) is 0.0667. The smallest absolute Gasteiger partial charge is 0.316 e. The van der Waals surface area contributed by atoms with E-state index in [0.717, 1.165) is 0 Å². The fourth-order valence-corrected chi connectivity index (χ4v) is 1.88. The van der Waals surface area contributed by atoms with Crippen LogP contribution in [0.3, 0.4) is 0 Å². The summed E-state index contributed by atoms with van der Waals surface area (Å²) in [6, 6.07) is 12.9. The lowest BCUT2D eigenvalue weighted by atomic mass is 10.2. The lowest BCUT2D eigenvalue weighted by Gasteiger charge is -2.16. The van der Waals surface area contributed by atoms with E-state index in [1.165, 1.54) is 30.1 Å². The van der Waals surface area contributed by atoms with Crippen molar-refractivity contribution in [2.75, 3.05) is 17.3 Å². The fourth-order valence-electron chi connectivity index (χ4n) is 1.71. The monoisotopic (exact) mass is 304 g/mol. The van der Waals surface area contributed by atoms with Crippen molar-refractivity contribution in [2.24, 2.45) is 0 Å². The highest BCUT2D eigenvalue weighted by molar-refractivity contribution is 6.44. The molecule has 108 valence electrons. The number of phenols is 1. The first-order valence-electron chi connectivity index (χ1n) is 6.11. The standard InChI is InChI=1S/C15H13ClN2O3/c1-18(11-5-3-2-4-6-11)15(21)14(20)17-12-9-10(16)7-8-13(12)19/h2-9,19H,1H3,(H,17,20). The number of nitrogens with one attached hydrogen (secondary N) is 1. The molecule has 0 heterocycles. The van der Waals surface area contributed by atoms with Crippen molar-refractivity contribution in [2.45, 2.75) is 0 Å². The van der Waals surface area contributed by atoms with Crippen LogP contribution >= 0.6 is 11.6 Å². The van der Waals surface area contributed by atoms with Gasteiger partial charge in [-0.3, -0.25) is 9.59 Å². The SMILES string of the molecule is CN(C(=O)C(=O)Nc1cc(Cl)ccc1O)c1ccccc1. The molecule has 6 heteroatoms. The Kier molecular flexibility index (Phi) is 4.45. The summed E-state index contributed by atoms with van der Waals surface area (Å²) in [6.45, 7) is 0. The number of rotatable bonds is 2. The summed E-state index contributed by atoms with van der Waals surface area (Å²) in [7, 11) is 1.50. The first-order valence-corrected chi connectivity index (χ1v) is 6.49. The van der Waals surface area contributed by atoms with E-state index in [0.29, 0.717) is 10.7 Å². The van der Waals surface area contributed by atoms with Crippen LogP contribution in [0.4, 0.5) is 11.4 Å². The second-order valence-corrected chi connectivity index (χ2v) is 4.75. The van der Waals surface area contributed by atoms with Gasteiger partial charge in [-0.15, -0.1) is 0 Å². The maximum Gasteiger partial charge on any atom is 0.316 e. The molecule has 0 saturated carbocycles. The van der Waals surface area contributed by atoms with Gasteiger partial charge in [0.05, 0.1) is 5.69 Å². The maximum absolute atomic E-state index is 12.0. The van der Waals surface area contributed by atoms with Gasteiger partial charge in [0.25, 0.3) is 0 Å². The molecule has 0 radical (unpaired) electrons. The number of aromatic hydroxyl groups is 1. The molecule has 0 unspecified atom stereocenters. The Bertz CT molecular complexity index is 674. The summed E-state index contributed by atoms with van der Waals surface area (Å²) in [5.41, 5.74) is 0.676. The molecule has 0 atom stereocenters. The van der Waals surface area contributed by atoms with Crippen LogP contribution in [0.1, 0.15) is 0 Å². The minimum absolute atomic E-state index is 0.0855. The van der Waals surface area contributed by atoms with E-state index in [1.54, 1.807) is 24.3 Å². The Morgan fingerprint density at radius 3 is 2.48 bits per heavy atom. The molecule has 0 spiro atoms. The number of anilines is 2. The van der Waals surface area contributed by atoms with Crippen LogP contribution in [0.15, 0.2) is 48.5 Å². The number of phenolic OH excluding ortho intramolecular Hbond substituents is 1. The number of hydrogen-bond donors (Lipinski definition) is 2. The number of carbonyl (C=O) groups excluding carboxylic acids is 2. The van der Waals surface area contributed by atoms with E-state index in [-0.39, 0.29) is 11.4 Å². The molecule has 0 aliphatic rings. The van der Waals surface area contributed by atoms with E-state index in [9.17, 15) is 14.7 Å². The highest BCUT2D eigenvalue weighted by Gasteiger charge is 2.21. The van der Waals surface area contributed by atoms with Gasteiger partial charge in [0.1, 0.15) is 5.75 Å². The molecule has 0 fully saturated rings. The Hall–Kier alpha value is -2.53. The van der Waals surface area contributed by atoms with Crippen molar-refractivity contribution < 1.29 is 14.7 Å². The zero-order valence-corrected chi connectivity index (χ0v) is 12.0. The molecule has 0 bridgehead atoms. The van der Waals surface area contributed by atoms with Crippen LogP contribution < -0.4 is 10.2 Å². The number of nitrogens with zero attached hydrogens (tertiary/aromatic N) is 1. The highest BCUT2D eigenvalue weighted by atomic mass is 35.5. The molecule has 0 aromatic heterocycles. The average molecular weight is 305 g/mol. The van der Waals surface area contributed by atoms with Crippen molar-refractivity contribution in [3.05, 3.63) is 53.6 Å². The summed E-state index contributed by atoms with van der Waals surface area (Å²) < 4.78 is 0. The molecule has 5 nitrogen and oxygen atoms in total. The van der Waals surface area contributed by atoms with Crippen molar-refractivity contribution >= 4 is 34.8 Å². The van der Waals surface area contributed by atoms with Crippen LogP contribution in [-0.4, -0.2) is 24.0 Å². The minimum Gasteiger partial charge on any atom is -0.506 e. The number of para-hydroxylation sites is 1. The van der Waals surface area contributed by atoms with Crippen molar-refractivity contribution in [1.82, 2.24) is 0 Å². The van der Waals surface area contributed by atoms with Crippen molar-refractivity contribution in [3.8, 4) is 5.75 Å². The van der Waals surface area contributed by atoms with Crippen molar-refractivity contribution in [3.63, 3.8) is 0 Å². The van der Waals surface area contributed by atoms with Gasteiger partial charge in [0, 0.05) is 17.8 Å². The van der Waals surface area contributed by atoms with Gasteiger partial charge in [-0.2, -0.15) is 0 Å². The van der Waals surface area contributed by atoms with Gasteiger partial charge in [-0.1, -0.05) is 29.8 Å². The first kappa shape index (κ1) is 14.9. The molecule has 0 saturated heterocycles. The van der Waals surface area contributed by atoms with Gasteiger partial charge in [-0.05, 0) is 30.3 Å². The van der Waals surface area contributed by atoms with Crippen LogP contribution in [-0.2, 0) is 9.59 Å². The predicted molar refractivity (Wildman–Crippen MR) is 81.6 cm³/mol. The van der Waals surface area contributed by atoms with Crippen LogP contribution in [0.25, 0.3) is 0 Å².